The predicted octanol–water partition coefficient (Wildman–Crippen LogP) is 4.43. The summed E-state index contributed by atoms with van der Waals surface area (Å²) >= 11 is 0. The van der Waals surface area contributed by atoms with Crippen LogP contribution in [0.1, 0.15) is 42.9 Å². The maximum Gasteiger partial charge on any atom is 0.161 e. The van der Waals surface area contributed by atoms with Gasteiger partial charge in [0.2, 0.25) is 0 Å². The molecule has 136 valence electrons. The number of benzene rings is 2. The number of hydrogen-bond donors (Lipinski definition) is 0. The zero-order valence-corrected chi connectivity index (χ0v) is 15.9. The highest BCUT2D eigenvalue weighted by atomic mass is 16.5. The van der Waals surface area contributed by atoms with Gasteiger partial charge in [0.25, 0.3) is 0 Å². The van der Waals surface area contributed by atoms with Crippen LogP contribution in [0.2, 0.25) is 0 Å². The molecule has 2 aromatic rings. The summed E-state index contributed by atoms with van der Waals surface area (Å²) in [6.45, 7) is 4.17. The summed E-state index contributed by atoms with van der Waals surface area (Å²) in [6.07, 6.45) is 0.923. The first-order valence-electron chi connectivity index (χ1n) is 8.66. The molecule has 0 spiro atoms. The molecule has 0 amide bonds. The molecule has 0 radical (unpaired) electrons. The summed E-state index contributed by atoms with van der Waals surface area (Å²) in [5.41, 5.74) is 4.77. The third-order valence-electron chi connectivity index (χ3n) is 4.77. The summed E-state index contributed by atoms with van der Waals surface area (Å²) in [7, 11) is 4.95. The van der Waals surface area contributed by atoms with Crippen LogP contribution < -0.4 is 14.2 Å². The van der Waals surface area contributed by atoms with Gasteiger partial charge in [-0.2, -0.15) is 5.10 Å². The van der Waals surface area contributed by atoms with E-state index in [9.17, 15) is 0 Å². The van der Waals surface area contributed by atoms with E-state index < -0.39 is 0 Å². The highest BCUT2D eigenvalue weighted by molar-refractivity contribution is 6.17. The molecule has 1 atom stereocenters. The minimum atomic E-state index is 0.167. The second-order valence-corrected chi connectivity index (χ2v) is 6.15. The fraction of sp³-hybridized carbons (Fsp3) is 0.333. The maximum absolute atomic E-state index is 5.55. The summed E-state index contributed by atoms with van der Waals surface area (Å²) in [6, 6.07) is 11.9. The third-order valence-corrected chi connectivity index (χ3v) is 4.77. The van der Waals surface area contributed by atoms with E-state index in [4.69, 9.17) is 14.2 Å². The number of ether oxygens (including phenoxy) is 3. The van der Waals surface area contributed by atoms with Crippen molar-refractivity contribution in [2.75, 3.05) is 21.3 Å². The smallest absolute Gasteiger partial charge is 0.161 e. The van der Waals surface area contributed by atoms with Crippen LogP contribution in [0.15, 0.2) is 46.6 Å². The molecular formula is C21H24N2O3. The molecule has 1 heterocycles. The van der Waals surface area contributed by atoms with Gasteiger partial charge in [0.1, 0.15) is 11.5 Å². The zero-order chi connectivity index (χ0) is 18.7. The van der Waals surface area contributed by atoms with E-state index >= 15 is 0 Å². The lowest BCUT2D eigenvalue weighted by Gasteiger charge is -2.20. The second-order valence-electron chi connectivity index (χ2n) is 6.15. The molecule has 0 aromatic heterocycles. The average Bonchev–Trinajstić information content (AvgIpc) is 2.82. The van der Waals surface area contributed by atoms with Crippen LogP contribution in [0, 0.1) is 0 Å². The Morgan fingerprint density at radius 1 is 0.846 bits per heavy atom. The second kappa shape index (κ2) is 7.60. The van der Waals surface area contributed by atoms with E-state index in [1.165, 1.54) is 0 Å². The molecule has 5 heteroatoms. The standard InChI is InChI=1S/C21H24N2O3/c1-6-14-13(2)22-23-21(15-9-7-8-10-18(15)24-3)17-12-20(26-5)19(25-4)11-16(14)17/h7-12,14H,6H2,1-5H3/t14-/m0/s1. The van der Waals surface area contributed by atoms with Gasteiger partial charge < -0.3 is 14.2 Å². The van der Waals surface area contributed by atoms with Gasteiger partial charge >= 0.3 is 0 Å². The van der Waals surface area contributed by atoms with E-state index in [1.54, 1.807) is 21.3 Å². The normalized spacial score (nSPS) is 16.1. The fourth-order valence-corrected chi connectivity index (χ4v) is 3.42. The molecule has 0 unspecified atom stereocenters. The van der Waals surface area contributed by atoms with Crippen molar-refractivity contribution in [1.29, 1.82) is 0 Å². The molecule has 0 saturated carbocycles. The number of para-hydroxylation sites is 1. The number of fused-ring (bicyclic) bond motifs is 1. The van der Waals surface area contributed by atoms with Gasteiger partial charge in [0.15, 0.2) is 11.5 Å². The Hall–Kier alpha value is -2.82. The Bertz CT molecular complexity index is 872. The minimum Gasteiger partial charge on any atom is -0.496 e. The molecular weight excluding hydrogens is 328 g/mol. The molecule has 0 saturated heterocycles. The lowest BCUT2D eigenvalue weighted by Crippen LogP contribution is -2.13. The number of methoxy groups -OCH3 is 3. The molecule has 0 bridgehead atoms. The minimum absolute atomic E-state index is 0.167. The molecule has 0 fully saturated rings. The van der Waals surface area contributed by atoms with Crippen molar-refractivity contribution < 1.29 is 14.2 Å². The van der Waals surface area contributed by atoms with Gasteiger partial charge in [-0.05, 0) is 43.2 Å². The Labute approximate surface area is 154 Å². The van der Waals surface area contributed by atoms with Crippen LogP contribution in [-0.4, -0.2) is 32.8 Å². The van der Waals surface area contributed by atoms with Gasteiger partial charge in [-0.25, -0.2) is 0 Å². The Morgan fingerprint density at radius 2 is 1.50 bits per heavy atom. The first kappa shape index (κ1) is 18.0. The van der Waals surface area contributed by atoms with Crippen LogP contribution >= 0.6 is 0 Å². The van der Waals surface area contributed by atoms with Crippen molar-refractivity contribution in [3.8, 4) is 17.2 Å². The van der Waals surface area contributed by atoms with Crippen molar-refractivity contribution >= 4 is 11.4 Å². The van der Waals surface area contributed by atoms with E-state index in [0.29, 0.717) is 11.5 Å². The van der Waals surface area contributed by atoms with E-state index in [1.807, 2.05) is 43.3 Å². The first-order valence-corrected chi connectivity index (χ1v) is 8.66. The lowest BCUT2D eigenvalue weighted by atomic mass is 9.85. The van der Waals surface area contributed by atoms with Crippen molar-refractivity contribution in [2.24, 2.45) is 10.2 Å². The largest absolute Gasteiger partial charge is 0.496 e. The quantitative estimate of drug-likeness (QED) is 0.800. The highest BCUT2D eigenvalue weighted by Gasteiger charge is 2.27. The Balaban J connectivity index is 2.31. The van der Waals surface area contributed by atoms with Crippen LogP contribution in [0.3, 0.4) is 0 Å². The third kappa shape index (κ3) is 3.05. The molecule has 26 heavy (non-hydrogen) atoms. The average molecular weight is 352 g/mol. The van der Waals surface area contributed by atoms with Gasteiger partial charge in [0.05, 0.1) is 21.3 Å². The molecule has 0 N–H and O–H groups in total. The molecule has 0 aliphatic carbocycles. The van der Waals surface area contributed by atoms with Crippen LogP contribution in [0.4, 0.5) is 0 Å². The molecule has 1 aliphatic heterocycles. The van der Waals surface area contributed by atoms with Gasteiger partial charge in [-0.3, -0.25) is 0 Å². The zero-order valence-electron chi connectivity index (χ0n) is 15.9. The number of nitrogens with zero attached hydrogens (tertiary/aromatic N) is 2. The summed E-state index contributed by atoms with van der Waals surface area (Å²) in [5.74, 6) is 2.30. The predicted molar refractivity (Wildman–Crippen MR) is 104 cm³/mol. The summed E-state index contributed by atoms with van der Waals surface area (Å²) in [4.78, 5) is 0. The monoisotopic (exact) mass is 352 g/mol. The highest BCUT2D eigenvalue weighted by Crippen LogP contribution is 2.39. The van der Waals surface area contributed by atoms with Crippen molar-refractivity contribution in [3.05, 3.63) is 53.1 Å². The maximum atomic E-state index is 5.55. The van der Waals surface area contributed by atoms with E-state index in [2.05, 4.69) is 17.1 Å². The van der Waals surface area contributed by atoms with Crippen molar-refractivity contribution in [3.63, 3.8) is 0 Å². The van der Waals surface area contributed by atoms with Crippen molar-refractivity contribution in [1.82, 2.24) is 0 Å². The van der Waals surface area contributed by atoms with Crippen LogP contribution in [-0.2, 0) is 0 Å². The van der Waals surface area contributed by atoms with Crippen molar-refractivity contribution in [2.45, 2.75) is 26.2 Å². The number of rotatable bonds is 5. The molecule has 3 rings (SSSR count). The summed E-state index contributed by atoms with van der Waals surface area (Å²) in [5, 5.41) is 9.08. The van der Waals surface area contributed by atoms with E-state index in [0.717, 1.165) is 40.3 Å². The molecule has 2 aromatic carbocycles. The van der Waals surface area contributed by atoms with Crippen LogP contribution in [0.25, 0.3) is 0 Å². The molecule has 5 nitrogen and oxygen atoms in total. The Kier molecular flexibility index (Phi) is 5.26. The fourth-order valence-electron chi connectivity index (χ4n) is 3.42. The van der Waals surface area contributed by atoms with Gasteiger partial charge in [0, 0.05) is 22.8 Å². The van der Waals surface area contributed by atoms with E-state index in [-0.39, 0.29) is 5.92 Å². The SMILES string of the molecule is CC[C@H]1C(C)=NN=C(c2ccccc2OC)c2cc(OC)c(OC)cc21. The topological polar surface area (TPSA) is 52.4 Å². The van der Waals surface area contributed by atoms with Crippen LogP contribution in [0.5, 0.6) is 17.2 Å². The van der Waals surface area contributed by atoms with Gasteiger partial charge in [-0.15, -0.1) is 5.10 Å². The summed E-state index contributed by atoms with van der Waals surface area (Å²) < 4.78 is 16.6. The van der Waals surface area contributed by atoms with Gasteiger partial charge in [-0.1, -0.05) is 19.1 Å². The molecule has 1 aliphatic rings. The number of hydrogen-bond acceptors (Lipinski definition) is 5. The Morgan fingerprint density at radius 3 is 2.15 bits per heavy atom. The lowest BCUT2D eigenvalue weighted by molar-refractivity contribution is 0.354. The first-order chi connectivity index (χ1) is 12.6.